The molecule has 0 heterocycles. The Labute approximate surface area is 114 Å². The van der Waals surface area contributed by atoms with Crippen molar-refractivity contribution in [2.75, 3.05) is 0 Å². The minimum absolute atomic E-state index is 0.0122. The summed E-state index contributed by atoms with van der Waals surface area (Å²) in [4.78, 5) is 12.1. The standard InChI is InChI=1S/C15H11ClF2O/c1-9-2-4-11(17)8-12(9)15(19)7-10-3-5-13(16)14(18)6-10/h2-6,8H,7H2,1H3. The van der Waals surface area contributed by atoms with Crippen LogP contribution in [0.3, 0.4) is 0 Å². The van der Waals surface area contributed by atoms with Crippen LogP contribution < -0.4 is 0 Å². The Morgan fingerprint density at radius 2 is 1.89 bits per heavy atom. The second-order valence-corrected chi connectivity index (χ2v) is 4.71. The summed E-state index contributed by atoms with van der Waals surface area (Å²) in [6.07, 6.45) is 0.0123. The van der Waals surface area contributed by atoms with Gasteiger partial charge in [-0.25, -0.2) is 8.78 Å². The molecule has 0 N–H and O–H groups in total. The monoisotopic (exact) mass is 280 g/mol. The van der Waals surface area contributed by atoms with E-state index in [0.29, 0.717) is 16.7 Å². The van der Waals surface area contributed by atoms with Gasteiger partial charge in [-0.05, 0) is 42.3 Å². The molecule has 19 heavy (non-hydrogen) atoms. The van der Waals surface area contributed by atoms with E-state index in [4.69, 9.17) is 11.6 Å². The van der Waals surface area contributed by atoms with E-state index in [1.807, 2.05) is 0 Å². The first-order chi connectivity index (χ1) is 8.97. The third-order valence-electron chi connectivity index (χ3n) is 2.85. The average Bonchev–Trinajstić information content (AvgIpc) is 2.36. The van der Waals surface area contributed by atoms with E-state index in [9.17, 15) is 13.6 Å². The predicted octanol–water partition coefficient (Wildman–Crippen LogP) is 4.35. The van der Waals surface area contributed by atoms with Crippen LogP contribution in [0.2, 0.25) is 5.02 Å². The molecule has 0 radical (unpaired) electrons. The Bertz CT molecular complexity index is 638. The molecule has 1 nitrogen and oxygen atoms in total. The highest BCUT2D eigenvalue weighted by atomic mass is 35.5. The fourth-order valence-corrected chi connectivity index (χ4v) is 1.94. The molecule has 0 atom stereocenters. The molecular formula is C15H11ClF2O. The number of carbonyl (C=O) groups is 1. The van der Waals surface area contributed by atoms with Gasteiger partial charge in [-0.15, -0.1) is 0 Å². The van der Waals surface area contributed by atoms with Crippen LogP contribution >= 0.6 is 11.6 Å². The molecule has 2 rings (SSSR count). The Morgan fingerprint density at radius 1 is 1.16 bits per heavy atom. The van der Waals surface area contributed by atoms with Crippen LogP contribution in [0.15, 0.2) is 36.4 Å². The Hall–Kier alpha value is -1.74. The summed E-state index contributed by atoms with van der Waals surface area (Å²) in [6, 6.07) is 8.24. The minimum atomic E-state index is -0.567. The van der Waals surface area contributed by atoms with Crippen molar-refractivity contribution in [2.24, 2.45) is 0 Å². The first-order valence-corrected chi connectivity index (χ1v) is 6.08. The lowest BCUT2D eigenvalue weighted by Gasteiger charge is -2.06. The first kappa shape index (κ1) is 13.7. The van der Waals surface area contributed by atoms with E-state index in [1.165, 1.54) is 24.3 Å². The molecule has 0 aliphatic heterocycles. The summed E-state index contributed by atoms with van der Waals surface area (Å²) < 4.78 is 26.4. The molecule has 2 aromatic carbocycles. The van der Waals surface area contributed by atoms with Crippen LogP contribution in [-0.2, 0) is 6.42 Å². The van der Waals surface area contributed by atoms with Crippen molar-refractivity contribution in [3.63, 3.8) is 0 Å². The number of Topliss-reactive ketones (excluding diaryl/α,β-unsaturated/α-hetero) is 1. The van der Waals surface area contributed by atoms with E-state index in [2.05, 4.69) is 0 Å². The van der Waals surface area contributed by atoms with Crippen molar-refractivity contribution < 1.29 is 13.6 Å². The number of ketones is 1. The maximum Gasteiger partial charge on any atom is 0.167 e. The van der Waals surface area contributed by atoms with Gasteiger partial charge >= 0.3 is 0 Å². The number of halogens is 3. The molecule has 0 saturated heterocycles. The summed E-state index contributed by atoms with van der Waals surface area (Å²) >= 11 is 5.57. The second-order valence-electron chi connectivity index (χ2n) is 4.31. The second kappa shape index (κ2) is 5.49. The van der Waals surface area contributed by atoms with Crippen molar-refractivity contribution >= 4 is 17.4 Å². The Morgan fingerprint density at radius 3 is 2.58 bits per heavy atom. The summed E-state index contributed by atoms with van der Waals surface area (Å²) in [5.74, 6) is -1.28. The molecule has 4 heteroatoms. The fraction of sp³-hybridized carbons (Fsp3) is 0.133. The fourth-order valence-electron chi connectivity index (χ4n) is 1.82. The van der Waals surface area contributed by atoms with Gasteiger partial charge in [0.1, 0.15) is 11.6 Å². The summed E-state index contributed by atoms with van der Waals surface area (Å²) in [5.41, 5.74) is 1.52. The summed E-state index contributed by atoms with van der Waals surface area (Å²) in [7, 11) is 0. The molecule has 2 aromatic rings. The van der Waals surface area contributed by atoms with Crippen molar-refractivity contribution in [3.05, 3.63) is 69.7 Å². The van der Waals surface area contributed by atoms with Crippen molar-refractivity contribution in [1.29, 1.82) is 0 Å². The van der Waals surface area contributed by atoms with Crippen LogP contribution in [0, 0.1) is 18.6 Å². The highest BCUT2D eigenvalue weighted by molar-refractivity contribution is 6.30. The van der Waals surface area contributed by atoms with E-state index in [1.54, 1.807) is 19.1 Å². The third kappa shape index (κ3) is 3.18. The minimum Gasteiger partial charge on any atom is -0.294 e. The summed E-state index contributed by atoms with van der Waals surface area (Å²) in [6.45, 7) is 1.73. The zero-order chi connectivity index (χ0) is 14.0. The van der Waals surface area contributed by atoms with Gasteiger partial charge in [-0.1, -0.05) is 23.7 Å². The smallest absolute Gasteiger partial charge is 0.167 e. The van der Waals surface area contributed by atoms with E-state index < -0.39 is 11.6 Å². The SMILES string of the molecule is Cc1ccc(F)cc1C(=O)Cc1ccc(Cl)c(F)c1. The van der Waals surface area contributed by atoms with E-state index >= 15 is 0 Å². The topological polar surface area (TPSA) is 17.1 Å². The largest absolute Gasteiger partial charge is 0.294 e. The lowest BCUT2D eigenvalue weighted by molar-refractivity contribution is 0.0992. The van der Waals surface area contributed by atoms with Gasteiger partial charge in [0.2, 0.25) is 0 Å². The molecule has 0 bridgehead atoms. The van der Waals surface area contributed by atoms with Gasteiger partial charge in [-0.2, -0.15) is 0 Å². The molecule has 0 unspecified atom stereocenters. The third-order valence-corrected chi connectivity index (χ3v) is 3.16. The van der Waals surface area contributed by atoms with Gasteiger partial charge in [0.05, 0.1) is 5.02 Å². The molecule has 0 fully saturated rings. The van der Waals surface area contributed by atoms with Crippen molar-refractivity contribution in [2.45, 2.75) is 13.3 Å². The molecule has 98 valence electrons. The van der Waals surface area contributed by atoms with Gasteiger partial charge in [0.25, 0.3) is 0 Å². The van der Waals surface area contributed by atoms with Crippen LogP contribution in [0.5, 0.6) is 0 Å². The lowest BCUT2D eigenvalue weighted by atomic mass is 9.99. The summed E-state index contributed by atoms with van der Waals surface area (Å²) in [5, 5.41) is 0.0122. The maximum absolute atomic E-state index is 13.3. The van der Waals surface area contributed by atoms with Gasteiger partial charge < -0.3 is 0 Å². The van der Waals surface area contributed by atoms with E-state index in [-0.39, 0.29) is 17.2 Å². The zero-order valence-electron chi connectivity index (χ0n) is 10.2. The number of aryl methyl sites for hydroxylation is 1. The molecule has 0 spiro atoms. The predicted molar refractivity (Wildman–Crippen MR) is 70.6 cm³/mol. The lowest BCUT2D eigenvalue weighted by Crippen LogP contribution is -2.06. The van der Waals surface area contributed by atoms with Crippen molar-refractivity contribution in [1.82, 2.24) is 0 Å². The number of rotatable bonds is 3. The molecule has 0 saturated carbocycles. The molecule has 0 amide bonds. The number of benzene rings is 2. The van der Waals surface area contributed by atoms with Gasteiger partial charge in [0.15, 0.2) is 5.78 Å². The first-order valence-electron chi connectivity index (χ1n) is 5.70. The van der Waals surface area contributed by atoms with Crippen LogP contribution in [-0.4, -0.2) is 5.78 Å². The molecule has 0 aliphatic carbocycles. The van der Waals surface area contributed by atoms with Crippen molar-refractivity contribution in [3.8, 4) is 0 Å². The molecule has 0 aliphatic rings. The van der Waals surface area contributed by atoms with Crippen LogP contribution in [0.4, 0.5) is 8.78 Å². The quantitative estimate of drug-likeness (QED) is 0.764. The highest BCUT2D eigenvalue weighted by Gasteiger charge is 2.12. The average molecular weight is 281 g/mol. The number of carbonyl (C=O) groups excluding carboxylic acids is 1. The normalized spacial score (nSPS) is 10.5. The maximum atomic E-state index is 13.3. The number of hydrogen-bond donors (Lipinski definition) is 0. The molecular weight excluding hydrogens is 270 g/mol. The van der Waals surface area contributed by atoms with Crippen LogP contribution in [0.25, 0.3) is 0 Å². The molecule has 0 aromatic heterocycles. The van der Waals surface area contributed by atoms with Gasteiger partial charge in [-0.3, -0.25) is 4.79 Å². The van der Waals surface area contributed by atoms with Crippen LogP contribution in [0.1, 0.15) is 21.5 Å². The Balaban J connectivity index is 2.25. The Kier molecular flexibility index (Phi) is 3.96. The van der Waals surface area contributed by atoms with Gasteiger partial charge in [0, 0.05) is 12.0 Å². The highest BCUT2D eigenvalue weighted by Crippen LogP contribution is 2.18. The number of hydrogen-bond acceptors (Lipinski definition) is 1. The van der Waals surface area contributed by atoms with E-state index in [0.717, 1.165) is 0 Å². The zero-order valence-corrected chi connectivity index (χ0v) is 11.0.